The Labute approximate surface area is 103 Å². The van der Waals surface area contributed by atoms with E-state index < -0.39 is 0 Å². The third kappa shape index (κ3) is 3.29. The Morgan fingerprint density at radius 1 is 1.24 bits per heavy atom. The van der Waals surface area contributed by atoms with Crippen LogP contribution in [-0.2, 0) is 0 Å². The monoisotopic (exact) mass is 235 g/mol. The van der Waals surface area contributed by atoms with Crippen molar-refractivity contribution in [2.75, 3.05) is 6.54 Å². The minimum atomic E-state index is -0.109. The van der Waals surface area contributed by atoms with Crippen LogP contribution in [-0.4, -0.2) is 12.6 Å². The number of halogens is 1. The number of nitrogens with one attached hydrogen (secondary N) is 1. The molecule has 1 aliphatic carbocycles. The zero-order chi connectivity index (χ0) is 12.1. The van der Waals surface area contributed by atoms with Crippen LogP contribution in [0.1, 0.15) is 50.5 Å². The van der Waals surface area contributed by atoms with Gasteiger partial charge in [0, 0.05) is 6.04 Å². The molecule has 1 N–H and O–H groups in total. The van der Waals surface area contributed by atoms with Crippen molar-refractivity contribution in [3.63, 3.8) is 0 Å². The van der Waals surface area contributed by atoms with Crippen LogP contribution in [0.4, 0.5) is 4.39 Å². The van der Waals surface area contributed by atoms with Gasteiger partial charge in [-0.05, 0) is 43.0 Å². The average Bonchev–Trinajstić information content (AvgIpc) is 2.55. The van der Waals surface area contributed by atoms with E-state index in [1.54, 1.807) is 6.07 Å². The molecule has 0 amide bonds. The lowest BCUT2D eigenvalue weighted by Crippen LogP contribution is -2.34. The molecule has 1 nitrogen and oxygen atoms in total. The predicted octanol–water partition coefficient (Wildman–Crippen LogP) is 3.85. The summed E-state index contributed by atoms with van der Waals surface area (Å²) in [5, 5.41) is 3.57. The second-order valence-corrected chi connectivity index (χ2v) is 4.96. The SMILES string of the molecule is CCNC1CCCCCC1c1cccc(F)c1. The van der Waals surface area contributed by atoms with E-state index in [2.05, 4.69) is 18.3 Å². The number of hydrogen-bond donors (Lipinski definition) is 1. The molecule has 1 aliphatic rings. The predicted molar refractivity (Wildman–Crippen MR) is 69.7 cm³/mol. The maximum Gasteiger partial charge on any atom is 0.123 e. The highest BCUT2D eigenvalue weighted by atomic mass is 19.1. The zero-order valence-electron chi connectivity index (χ0n) is 10.6. The first-order valence-electron chi connectivity index (χ1n) is 6.80. The lowest BCUT2D eigenvalue weighted by molar-refractivity contribution is 0.418. The van der Waals surface area contributed by atoms with Gasteiger partial charge in [0.1, 0.15) is 5.82 Å². The second kappa shape index (κ2) is 6.15. The summed E-state index contributed by atoms with van der Waals surface area (Å²) < 4.78 is 13.3. The summed E-state index contributed by atoms with van der Waals surface area (Å²) in [5.41, 5.74) is 1.16. The van der Waals surface area contributed by atoms with Gasteiger partial charge in [-0.25, -0.2) is 4.39 Å². The highest BCUT2D eigenvalue weighted by Gasteiger charge is 2.24. The summed E-state index contributed by atoms with van der Waals surface area (Å²) in [6.07, 6.45) is 6.27. The Morgan fingerprint density at radius 2 is 2.06 bits per heavy atom. The molecule has 1 aromatic carbocycles. The van der Waals surface area contributed by atoms with E-state index in [-0.39, 0.29) is 5.82 Å². The third-order valence-electron chi connectivity index (χ3n) is 3.76. The lowest BCUT2D eigenvalue weighted by Gasteiger charge is -2.26. The molecule has 0 saturated heterocycles. The van der Waals surface area contributed by atoms with Gasteiger partial charge in [-0.1, -0.05) is 38.3 Å². The molecule has 0 spiro atoms. The molecule has 0 heterocycles. The largest absolute Gasteiger partial charge is 0.314 e. The van der Waals surface area contributed by atoms with Crippen molar-refractivity contribution in [3.05, 3.63) is 35.6 Å². The summed E-state index contributed by atoms with van der Waals surface area (Å²) in [7, 11) is 0. The number of likely N-dealkylation sites (N-methyl/N-ethyl adjacent to an activating group) is 1. The summed E-state index contributed by atoms with van der Waals surface area (Å²) in [4.78, 5) is 0. The van der Waals surface area contributed by atoms with Crippen molar-refractivity contribution >= 4 is 0 Å². The van der Waals surface area contributed by atoms with Crippen LogP contribution in [0.2, 0.25) is 0 Å². The molecule has 0 aromatic heterocycles. The Bertz CT molecular complexity index is 351. The molecule has 2 heteroatoms. The molecule has 0 aliphatic heterocycles. The fourth-order valence-electron chi connectivity index (χ4n) is 2.95. The van der Waals surface area contributed by atoms with E-state index in [9.17, 15) is 4.39 Å². The topological polar surface area (TPSA) is 12.0 Å². The summed E-state index contributed by atoms with van der Waals surface area (Å²) >= 11 is 0. The minimum Gasteiger partial charge on any atom is -0.314 e. The molecular weight excluding hydrogens is 213 g/mol. The van der Waals surface area contributed by atoms with Crippen molar-refractivity contribution in [3.8, 4) is 0 Å². The molecule has 1 fully saturated rings. The third-order valence-corrected chi connectivity index (χ3v) is 3.76. The van der Waals surface area contributed by atoms with Gasteiger partial charge in [0.2, 0.25) is 0 Å². The first-order valence-corrected chi connectivity index (χ1v) is 6.80. The normalized spacial score (nSPS) is 25.5. The van der Waals surface area contributed by atoms with Crippen molar-refractivity contribution < 1.29 is 4.39 Å². The highest BCUT2D eigenvalue weighted by Crippen LogP contribution is 2.32. The average molecular weight is 235 g/mol. The van der Waals surface area contributed by atoms with Crippen LogP contribution in [0, 0.1) is 5.82 Å². The number of benzene rings is 1. The van der Waals surface area contributed by atoms with E-state index in [0.717, 1.165) is 12.1 Å². The quantitative estimate of drug-likeness (QED) is 0.785. The van der Waals surface area contributed by atoms with Crippen molar-refractivity contribution in [1.82, 2.24) is 5.32 Å². The standard InChI is InChI=1S/C15H22FN/c1-2-17-15-10-5-3-4-9-14(15)12-7-6-8-13(16)11-12/h6-8,11,14-15,17H,2-5,9-10H2,1H3. The van der Waals surface area contributed by atoms with Crippen molar-refractivity contribution in [2.24, 2.45) is 0 Å². The van der Waals surface area contributed by atoms with E-state index >= 15 is 0 Å². The van der Waals surface area contributed by atoms with Crippen LogP contribution in [0.15, 0.2) is 24.3 Å². The summed E-state index contributed by atoms with van der Waals surface area (Å²) in [5.74, 6) is 0.371. The molecule has 94 valence electrons. The van der Waals surface area contributed by atoms with E-state index in [1.807, 2.05) is 6.07 Å². The van der Waals surface area contributed by atoms with Crippen molar-refractivity contribution in [2.45, 2.75) is 51.0 Å². The minimum absolute atomic E-state index is 0.109. The van der Waals surface area contributed by atoms with E-state index in [4.69, 9.17) is 0 Å². The Balaban J connectivity index is 2.19. The second-order valence-electron chi connectivity index (χ2n) is 4.96. The molecular formula is C15H22FN. The van der Waals surface area contributed by atoms with Gasteiger partial charge < -0.3 is 5.32 Å². The van der Waals surface area contributed by atoms with Crippen LogP contribution < -0.4 is 5.32 Å². The van der Waals surface area contributed by atoms with Gasteiger partial charge in [0.15, 0.2) is 0 Å². The maximum atomic E-state index is 13.3. The molecule has 2 unspecified atom stereocenters. The van der Waals surface area contributed by atoms with Crippen LogP contribution >= 0.6 is 0 Å². The van der Waals surface area contributed by atoms with Gasteiger partial charge in [-0.2, -0.15) is 0 Å². The fourth-order valence-corrected chi connectivity index (χ4v) is 2.95. The Morgan fingerprint density at radius 3 is 2.82 bits per heavy atom. The fraction of sp³-hybridized carbons (Fsp3) is 0.600. The smallest absolute Gasteiger partial charge is 0.123 e. The molecule has 2 atom stereocenters. The first kappa shape index (κ1) is 12.6. The van der Waals surface area contributed by atoms with Gasteiger partial charge >= 0.3 is 0 Å². The van der Waals surface area contributed by atoms with Crippen molar-refractivity contribution in [1.29, 1.82) is 0 Å². The zero-order valence-corrected chi connectivity index (χ0v) is 10.6. The van der Waals surface area contributed by atoms with Gasteiger partial charge in [0.05, 0.1) is 0 Å². The van der Waals surface area contributed by atoms with Crippen LogP contribution in [0.3, 0.4) is 0 Å². The van der Waals surface area contributed by atoms with Crippen LogP contribution in [0.25, 0.3) is 0 Å². The number of rotatable bonds is 3. The molecule has 1 aromatic rings. The Hall–Kier alpha value is -0.890. The summed E-state index contributed by atoms with van der Waals surface area (Å²) in [6.45, 7) is 3.14. The maximum absolute atomic E-state index is 13.3. The first-order chi connectivity index (χ1) is 8.31. The lowest BCUT2D eigenvalue weighted by atomic mass is 9.87. The van der Waals surface area contributed by atoms with E-state index in [0.29, 0.717) is 12.0 Å². The van der Waals surface area contributed by atoms with Gasteiger partial charge in [-0.15, -0.1) is 0 Å². The van der Waals surface area contributed by atoms with Gasteiger partial charge in [-0.3, -0.25) is 0 Å². The van der Waals surface area contributed by atoms with E-state index in [1.165, 1.54) is 38.2 Å². The van der Waals surface area contributed by atoms with Crippen LogP contribution in [0.5, 0.6) is 0 Å². The van der Waals surface area contributed by atoms with Gasteiger partial charge in [0.25, 0.3) is 0 Å². The molecule has 0 bridgehead atoms. The highest BCUT2D eigenvalue weighted by molar-refractivity contribution is 5.22. The summed E-state index contributed by atoms with van der Waals surface area (Å²) in [6, 6.07) is 7.66. The molecule has 2 rings (SSSR count). The molecule has 17 heavy (non-hydrogen) atoms. The molecule has 1 saturated carbocycles. The molecule has 0 radical (unpaired) electrons. The number of hydrogen-bond acceptors (Lipinski definition) is 1. The Kier molecular flexibility index (Phi) is 4.55.